The summed E-state index contributed by atoms with van der Waals surface area (Å²) in [7, 11) is 3.31. The molecule has 0 N–H and O–H groups in total. The number of ether oxygens (including phenoxy) is 4. The third-order valence-corrected chi connectivity index (χ3v) is 7.62. The molecular formula is C25H21N3O4S2. The molecule has 7 nitrogen and oxygen atoms in total. The molecule has 4 heterocycles. The van der Waals surface area contributed by atoms with Gasteiger partial charge in [0.05, 0.1) is 36.5 Å². The highest BCUT2D eigenvalue weighted by Crippen LogP contribution is 2.43. The first-order chi connectivity index (χ1) is 16.7. The van der Waals surface area contributed by atoms with Crippen LogP contribution >= 0.6 is 22.7 Å². The van der Waals surface area contributed by atoms with Crippen molar-refractivity contribution in [1.29, 1.82) is 0 Å². The highest BCUT2D eigenvalue weighted by Gasteiger charge is 2.33. The number of anilines is 1. The van der Waals surface area contributed by atoms with Crippen molar-refractivity contribution < 1.29 is 18.9 Å². The Morgan fingerprint density at radius 2 is 1.91 bits per heavy atom. The van der Waals surface area contributed by atoms with E-state index in [0.717, 1.165) is 57.1 Å². The molecule has 9 heteroatoms. The maximum Gasteiger partial charge on any atom is 0.231 e. The van der Waals surface area contributed by atoms with Crippen LogP contribution in [-0.4, -0.2) is 31.7 Å². The van der Waals surface area contributed by atoms with Gasteiger partial charge in [-0.3, -0.25) is 0 Å². The first-order valence-electron chi connectivity index (χ1n) is 10.7. The number of hydrogen-bond acceptors (Lipinski definition) is 9. The second kappa shape index (κ2) is 8.66. The third-order valence-electron chi connectivity index (χ3n) is 5.87. The molecule has 2 aromatic heterocycles. The van der Waals surface area contributed by atoms with Gasteiger partial charge in [0, 0.05) is 17.4 Å². The lowest BCUT2D eigenvalue weighted by atomic mass is 10.0. The SMILES string of the molecule is COc1ccc(OC)c(-c2csc(N3N=C(c4cccs4)C[C@@H]3c3ccc4c(c3)OCO4)n2)c1. The van der Waals surface area contributed by atoms with Gasteiger partial charge in [-0.15, -0.1) is 22.7 Å². The Bertz CT molecular complexity index is 1370. The van der Waals surface area contributed by atoms with Crippen LogP contribution in [0.5, 0.6) is 23.0 Å². The lowest BCUT2D eigenvalue weighted by Crippen LogP contribution is -2.18. The average molecular weight is 492 g/mol. The predicted molar refractivity (Wildman–Crippen MR) is 134 cm³/mol. The minimum atomic E-state index is -0.00203. The van der Waals surface area contributed by atoms with Crippen molar-refractivity contribution in [3.8, 4) is 34.3 Å². The van der Waals surface area contributed by atoms with Crippen molar-refractivity contribution >= 4 is 33.5 Å². The number of hydrazone groups is 1. The van der Waals surface area contributed by atoms with E-state index in [0.29, 0.717) is 0 Å². The monoisotopic (exact) mass is 491 g/mol. The minimum Gasteiger partial charge on any atom is -0.497 e. The zero-order chi connectivity index (χ0) is 23.1. The summed E-state index contributed by atoms with van der Waals surface area (Å²) in [5.74, 6) is 3.04. The van der Waals surface area contributed by atoms with Crippen molar-refractivity contribution in [2.45, 2.75) is 12.5 Å². The number of nitrogens with zero attached hydrogens (tertiary/aromatic N) is 3. The van der Waals surface area contributed by atoms with Gasteiger partial charge < -0.3 is 18.9 Å². The summed E-state index contributed by atoms with van der Waals surface area (Å²) in [6, 6.07) is 16.0. The first-order valence-corrected chi connectivity index (χ1v) is 12.5. The van der Waals surface area contributed by atoms with E-state index in [1.54, 1.807) is 36.9 Å². The number of fused-ring (bicyclic) bond motifs is 1. The number of thiazole rings is 1. The van der Waals surface area contributed by atoms with E-state index >= 15 is 0 Å². The Balaban J connectivity index is 1.40. The standard InChI is InChI=1S/C25H21N3O4S2/c1-29-16-6-8-21(30-2)17(11-16)19-13-34-25(26-19)28-20(12-18(27-28)24-4-3-9-33-24)15-5-7-22-23(10-15)32-14-31-22/h3-11,13,20H,12,14H2,1-2H3/t20-/m1/s1. The molecule has 4 aromatic rings. The quantitative estimate of drug-likeness (QED) is 0.331. The summed E-state index contributed by atoms with van der Waals surface area (Å²) < 4.78 is 22.1. The van der Waals surface area contributed by atoms with Gasteiger partial charge in [0.2, 0.25) is 11.9 Å². The molecule has 0 fully saturated rings. The zero-order valence-corrected chi connectivity index (χ0v) is 20.2. The van der Waals surface area contributed by atoms with E-state index in [9.17, 15) is 0 Å². The second-order valence-electron chi connectivity index (χ2n) is 7.78. The fraction of sp³-hybridized carbons (Fsp3) is 0.200. The molecule has 0 spiro atoms. The average Bonchev–Trinajstić information content (AvgIpc) is 3.68. The molecule has 0 bridgehead atoms. The molecule has 0 radical (unpaired) electrons. The summed E-state index contributed by atoms with van der Waals surface area (Å²) in [6.45, 7) is 0.252. The van der Waals surface area contributed by atoms with E-state index in [1.807, 2.05) is 40.7 Å². The molecule has 0 unspecified atom stereocenters. The van der Waals surface area contributed by atoms with Crippen LogP contribution in [0.25, 0.3) is 11.3 Å². The van der Waals surface area contributed by atoms with Crippen molar-refractivity contribution in [3.63, 3.8) is 0 Å². The fourth-order valence-electron chi connectivity index (χ4n) is 4.17. The molecule has 2 aliphatic rings. The Kier molecular flexibility index (Phi) is 5.35. The van der Waals surface area contributed by atoms with Crippen LogP contribution < -0.4 is 24.0 Å². The number of rotatable bonds is 6. The predicted octanol–water partition coefficient (Wildman–Crippen LogP) is 5.97. The zero-order valence-electron chi connectivity index (χ0n) is 18.6. The molecule has 1 atom stereocenters. The summed E-state index contributed by atoms with van der Waals surface area (Å²) in [6.07, 6.45) is 0.775. The Labute approximate surface area is 204 Å². The Morgan fingerprint density at radius 3 is 2.74 bits per heavy atom. The number of methoxy groups -OCH3 is 2. The number of thiophene rings is 1. The van der Waals surface area contributed by atoms with Crippen LogP contribution in [-0.2, 0) is 0 Å². The van der Waals surface area contributed by atoms with Crippen LogP contribution in [0.4, 0.5) is 5.13 Å². The van der Waals surface area contributed by atoms with Gasteiger partial charge in [-0.1, -0.05) is 12.1 Å². The van der Waals surface area contributed by atoms with Crippen LogP contribution in [0.1, 0.15) is 22.9 Å². The summed E-state index contributed by atoms with van der Waals surface area (Å²) in [4.78, 5) is 6.13. The largest absolute Gasteiger partial charge is 0.497 e. The first kappa shape index (κ1) is 21.0. The van der Waals surface area contributed by atoms with Crippen LogP contribution in [0.15, 0.2) is 64.4 Å². The molecule has 172 valence electrons. The van der Waals surface area contributed by atoms with E-state index in [2.05, 4.69) is 23.6 Å². The normalized spacial score (nSPS) is 16.6. The van der Waals surface area contributed by atoms with Gasteiger partial charge >= 0.3 is 0 Å². The van der Waals surface area contributed by atoms with E-state index in [4.69, 9.17) is 29.0 Å². The van der Waals surface area contributed by atoms with Gasteiger partial charge in [-0.05, 0) is 47.3 Å². The van der Waals surface area contributed by atoms with Gasteiger partial charge in [0.1, 0.15) is 11.5 Å². The molecule has 2 aromatic carbocycles. The third kappa shape index (κ3) is 3.66. The number of benzene rings is 2. The smallest absolute Gasteiger partial charge is 0.231 e. The summed E-state index contributed by atoms with van der Waals surface area (Å²) in [5, 5.41) is 12.0. The summed E-state index contributed by atoms with van der Waals surface area (Å²) in [5.41, 5.74) is 3.86. The molecule has 0 saturated heterocycles. The maximum absolute atomic E-state index is 5.63. The molecule has 34 heavy (non-hydrogen) atoms. The number of hydrogen-bond donors (Lipinski definition) is 0. The lowest BCUT2D eigenvalue weighted by molar-refractivity contribution is 0.174. The second-order valence-corrected chi connectivity index (χ2v) is 9.57. The van der Waals surface area contributed by atoms with E-state index in [1.165, 1.54) is 4.88 Å². The Morgan fingerprint density at radius 1 is 1.00 bits per heavy atom. The van der Waals surface area contributed by atoms with Crippen molar-refractivity contribution in [2.24, 2.45) is 5.10 Å². The van der Waals surface area contributed by atoms with Crippen LogP contribution in [0.3, 0.4) is 0 Å². The molecule has 2 aliphatic heterocycles. The maximum atomic E-state index is 5.63. The van der Waals surface area contributed by atoms with Crippen LogP contribution in [0, 0.1) is 0 Å². The van der Waals surface area contributed by atoms with Gasteiger partial charge in [-0.2, -0.15) is 5.10 Å². The molecule has 0 aliphatic carbocycles. The van der Waals surface area contributed by atoms with E-state index < -0.39 is 0 Å². The molecule has 0 amide bonds. The Hall–Kier alpha value is -3.56. The lowest BCUT2D eigenvalue weighted by Gasteiger charge is -2.21. The van der Waals surface area contributed by atoms with E-state index in [-0.39, 0.29) is 12.8 Å². The number of aromatic nitrogens is 1. The summed E-state index contributed by atoms with van der Waals surface area (Å²) >= 11 is 3.25. The topological polar surface area (TPSA) is 65.4 Å². The molecule has 6 rings (SSSR count). The molecular weight excluding hydrogens is 470 g/mol. The van der Waals surface area contributed by atoms with Crippen LogP contribution in [0.2, 0.25) is 0 Å². The van der Waals surface area contributed by atoms with Crippen molar-refractivity contribution in [1.82, 2.24) is 4.98 Å². The van der Waals surface area contributed by atoms with Crippen molar-refractivity contribution in [2.75, 3.05) is 26.0 Å². The van der Waals surface area contributed by atoms with Gasteiger partial charge in [0.25, 0.3) is 0 Å². The highest BCUT2D eigenvalue weighted by molar-refractivity contribution is 7.14. The van der Waals surface area contributed by atoms with Gasteiger partial charge in [-0.25, -0.2) is 9.99 Å². The van der Waals surface area contributed by atoms with Crippen molar-refractivity contribution in [3.05, 3.63) is 69.7 Å². The highest BCUT2D eigenvalue weighted by atomic mass is 32.1. The fourth-order valence-corrected chi connectivity index (χ4v) is 5.71. The minimum absolute atomic E-state index is 0.00203. The van der Waals surface area contributed by atoms with Gasteiger partial charge in [0.15, 0.2) is 11.5 Å². The molecule has 0 saturated carbocycles.